The van der Waals surface area contributed by atoms with Crippen molar-refractivity contribution in [2.75, 3.05) is 24.2 Å². The van der Waals surface area contributed by atoms with Crippen molar-refractivity contribution in [2.24, 2.45) is 5.14 Å². The van der Waals surface area contributed by atoms with Crippen LogP contribution in [-0.2, 0) is 14.8 Å². The van der Waals surface area contributed by atoms with Gasteiger partial charge < -0.3 is 15.8 Å². The van der Waals surface area contributed by atoms with Gasteiger partial charge in [0.15, 0.2) is 0 Å². The fourth-order valence-electron chi connectivity index (χ4n) is 2.30. The SMILES string of the molecule is Nc1cc(NCCC2CCCCO2)cc(S(N)(=O)=O)c1. The van der Waals surface area contributed by atoms with Gasteiger partial charge in [0, 0.05) is 24.5 Å². The molecule has 1 aromatic rings. The lowest BCUT2D eigenvalue weighted by molar-refractivity contribution is 0.0134. The molecule has 0 spiro atoms. The van der Waals surface area contributed by atoms with Crippen LogP contribution in [0.2, 0.25) is 0 Å². The Balaban J connectivity index is 1.94. The number of nitrogen functional groups attached to an aromatic ring is 1. The quantitative estimate of drug-likeness (QED) is 0.710. The second-order valence-corrected chi connectivity index (χ2v) is 6.60. The number of hydrogen-bond donors (Lipinski definition) is 3. The predicted octanol–water partition coefficient (Wildman–Crippen LogP) is 1.29. The zero-order chi connectivity index (χ0) is 14.6. The largest absolute Gasteiger partial charge is 0.399 e. The van der Waals surface area contributed by atoms with Crippen molar-refractivity contribution in [1.82, 2.24) is 0 Å². The van der Waals surface area contributed by atoms with Crippen LogP contribution in [-0.4, -0.2) is 27.7 Å². The first-order chi connectivity index (χ1) is 9.45. The molecule has 1 heterocycles. The highest BCUT2D eigenvalue weighted by atomic mass is 32.2. The minimum Gasteiger partial charge on any atom is -0.399 e. The highest BCUT2D eigenvalue weighted by molar-refractivity contribution is 7.89. The van der Waals surface area contributed by atoms with Gasteiger partial charge in [-0.3, -0.25) is 0 Å². The Kier molecular flexibility index (Phi) is 4.85. The summed E-state index contributed by atoms with van der Waals surface area (Å²) in [7, 11) is -3.74. The highest BCUT2D eigenvalue weighted by Crippen LogP contribution is 2.20. The van der Waals surface area contributed by atoms with Crippen LogP contribution in [0.25, 0.3) is 0 Å². The van der Waals surface area contributed by atoms with Crippen LogP contribution >= 0.6 is 0 Å². The molecular weight excluding hydrogens is 278 g/mol. The van der Waals surface area contributed by atoms with Crippen LogP contribution in [0.15, 0.2) is 23.1 Å². The zero-order valence-corrected chi connectivity index (χ0v) is 12.2. The topological polar surface area (TPSA) is 107 Å². The maximum atomic E-state index is 11.3. The van der Waals surface area contributed by atoms with Gasteiger partial charge in [0.2, 0.25) is 10.0 Å². The van der Waals surface area contributed by atoms with E-state index in [2.05, 4.69) is 5.32 Å². The molecule has 1 unspecified atom stereocenters. The summed E-state index contributed by atoms with van der Waals surface area (Å²) in [5.74, 6) is 0. The molecule has 6 nitrogen and oxygen atoms in total. The molecule has 112 valence electrons. The first-order valence-electron chi connectivity index (χ1n) is 6.74. The molecule has 5 N–H and O–H groups in total. The zero-order valence-electron chi connectivity index (χ0n) is 11.3. The maximum Gasteiger partial charge on any atom is 0.238 e. The molecule has 1 fully saturated rings. The molecule has 2 rings (SSSR count). The van der Waals surface area contributed by atoms with Crippen LogP contribution in [0.1, 0.15) is 25.7 Å². The fourth-order valence-corrected chi connectivity index (χ4v) is 2.89. The second-order valence-electron chi connectivity index (χ2n) is 5.04. The molecule has 1 atom stereocenters. The van der Waals surface area contributed by atoms with Gasteiger partial charge in [-0.2, -0.15) is 0 Å². The number of primary sulfonamides is 1. The standard InChI is InChI=1S/C13H21N3O3S/c14-10-7-11(9-13(8-10)20(15,17)18)16-5-4-12-3-1-2-6-19-12/h7-9,12,16H,1-6,14H2,(H2,15,17,18). The summed E-state index contributed by atoms with van der Waals surface area (Å²) in [6, 6.07) is 4.54. The number of hydrogen-bond acceptors (Lipinski definition) is 5. The average Bonchev–Trinajstić information content (AvgIpc) is 2.38. The summed E-state index contributed by atoms with van der Waals surface area (Å²) in [5, 5.41) is 8.27. The van der Waals surface area contributed by atoms with Crippen LogP contribution in [0, 0.1) is 0 Å². The Labute approximate surface area is 119 Å². The van der Waals surface area contributed by atoms with Crippen LogP contribution in [0.5, 0.6) is 0 Å². The fraction of sp³-hybridized carbons (Fsp3) is 0.538. The normalized spacial score (nSPS) is 19.8. The van der Waals surface area contributed by atoms with Gasteiger partial charge in [-0.05, 0) is 43.9 Å². The second kappa shape index (κ2) is 6.43. The lowest BCUT2D eigenvalue weighted by Gasteiger charge is -2.22. The van der Waals surface area contributed by atoms with E-state index in [1.165, 1.54) is 18.6 Å². The van der Waals surface area contributed by atoms with Crippen molar-refractivity contribution in [3.63, 3.8) is 0 Å². The van der Waals surface area contributed by atoms with Crippen molar-refractivity contribution in [3.8, 4) is 0 Å². The Morgan fingerprint density at radius 3 is 2.75 bits per heavy atom. The lowest BCUT2D eigenvalue weighted by Crippen LogP contribution is -2.22. The first kappa shape index (κ1) is 15.1. The number of sulfonamides is 1. The molecule has 1 aliphatic heterocycles. The molecule has 0 bridgehead atoms. The number of anilines is 2. The maximum absolute atomic E-state index is 11.3. The van der Waals surface area contributed by atoms with E-state index in [0.717, 1.165) is 25.9 Å². The van der Waals surface area contributed by atoms with Crippen molar-refractivity contribution < 1.29 is 13.2 Å². The Morgan fingerprint density at radius 1 is 1.30 bits per heavy atom. The summed E-state index contributed by atoms with van der Waals surface area (Å²) < 4.78 is 28.3. The van der Waals surface area contributed by atoms with E-state index in [4.69, 9.17) is 15.6 Å². The Hall–Kier alpha value is -1.31. The molecule has 20 heavy (non-hydrogen) atoms. The first-order valence-corrected chi connectivity index (χ1v) is 8.28. The third-order valence-corrected chi connectivity index (χ3v) is 4.22. The molecular formula is C13H21N3O3S. The summed E-state index contributed by atoms with van der Waals surface area (Å²) in [6.07, 6.45) is 4.60. The van der Waals surface area contributed by atoms with E-state index in [1.807, 2.05) is 0 Å². The lowest BCUT2D eigenvalue weighted by atomic mass is 10.1. The van der Waals surface area contributed by atoms with Gasteiger partial charge in [-0.15, -0.1) is 0 Å². The van der Waals surface area contributed by atoms with Gasteiger partial charge in [0.05, 0.1) is 11.0 Å². The van der Waals surface area contributed by atoms with E-state index >= 15 is 0 Å². The van der Waals surface area contributed by atoms with Gasteiger partial charge in [0.1, 0.15) is 0 Å². The molecule has 0 saturated carbocycles. The monoisotopic (exact) mass is 299 g/mol. The number of nitrogens with two attached hydrogens (primary N) is 2. The minimum absolute atomic E-state index is 0.0221. The van der Waals surface area contributed by atoms with Gasteiger partial charge >= 0.3 is 0 Å². The molecule has 7 heteroatoms. The highest BCUT2D eigenvalue weighted by Gasteiger charge is 2.14. The smallest absolute Gasteiger partial charge is 0.238 e. The molecule has 1 aliphatic rings. The number of benzene rings is 1. The minimum atomic E-state index is -3.74. The van der Waals surface area contributed by atoms with Crippen LogP contribution in [0.3, 0.4) is 0 Å². The van der Waals surface area contributed by atoms with Crippen molar-refractivity contribution >= 4 is 21.4 Å². The van der Waals surface area contributed by atoms with E-state index in [-0.39, 0.29) is 11.0 Å². The van der Waals surface area contributed by atoms with E-state index < -0.39 is 10.0 Å². The Morgan fingerprint density at radius 2 is 2.10 bits per heavy atom. The van der Waals surface area contributed by atoms with Gasteiger partial charge in [-0.1, -0.05) is 0 Å². The molecule has 0 amide bonds. The van der Waals surface area contributed by atoms with E-state index in [0.29, 0.717) is 17.9 Å². The summed E-state index contributed by atoms with van der Waals surface area (Å²) in [5.41, 5.74) is 6.71. The third kappa shape index (κ3) is 4.36. The number of rotatable bonds is 5. The summed E-state index contributed by atoms with van der Waals surface area (Å²) in [4.78, 5) is 0.0221. The molecule has 1 aromatic carbocycles. The molecule has 0 aliphatic carbocycles. The molecule has 1 saturated heterocycles. The molecule has 0 radical (unpaired) electrons. The summed E-state index contributed by atoms with van der Waals surface area (Å²) in [6.45, 7) is 1.54. The Bertz CT molecular complexity index is 554. The average molecular weight is 299 g/mol. The predicted molar refractivity (Wildman–Crippen MR) is 78.9 cm³/mol. The van der Waals surface area contributed by atoms with Crippen LogP contribution in [0.4, 0.5) is 11.4 Å². The number of ether oxygens (including phenoxy) is 1. The van der Waals surface area contributed by atoms with Crippen molar-refractivity contribution in [2.45, 2.75) is 36.7 Å². The molecule has 0 aromatic heterocycles. The summed E-state index contributed by atoms with van der Waals surface area (Å²) >= 11 is 0. The van der Waals surface area contributed by atoms with Gasteiger partial charge in [0.25, 0.3) is 0 Å². The number of nitrogens with one attached hydrogen (secondary N) is 1. The van der Waals surface area contributed by atoms with Gasteiger partial charge in [-0.25, -0.2) is 13.6 Å². The van der Waals surface area contributed by atoms with Crippen molar-refractivity contribution in [3.05, 3.63) is 18.2 Å². The third-order valence-electron chi connectivity index (χ3n) is 3.33. The van der Waals surface area contributed by atoms with E-state index in [1.54, 1.807) is 6.07 Å². The van der Waals surface area contributed by atoms with Crippen molar-refractivity contribution in [1.29, 1.82) is 0 Å². The van der Waals surface area contributed by atoms with E-state index in [9.17, 15) is 8.42 Å². The van der Waals surface area contributed by atoms with Crippen LogP contribution < -0.4 is 16.2 Å².